The van der Waals surface area contributed by atoms with E-state index in [4.69, 9.17) is 14.6 Å². The lowest BCUT2D eigenvalue weighted by Gasteiger charge is -2.28. The molecule has 2 aliphatic carbocycles. The van der Waals surface area contributed by atoms with Gasteiger partial charge in [-0.15, -0.1) is 0 Å². The first-order chi connectivity index (χ1) is 13.2. The van der Waals surface area contributed by atoms with Gasteiger partial charge in [-0.1, -0.05) is 30.7 Å². The van der Waals surface area contributed by atoms with Crippen molar-refractivity contribution in [1.29, 1.82) is 0 Å². The molecule has 2 unspecified atom stereocenters. The number of rotatable bonds is 5. The van der Waals surface area contributed by atoms with E-state index >= 15 is 0 Å². The van der Waals surface area contributed by atoms with Crippen molar-refractivity contribution in [3.05, 3.63) is 58.7 Å². The maximum absolute atomic E-state index is 11.0. The number of carboxylic acid groups (broad SMARTS) is 1. The molecule has 0 aromatic heterocycles. The molecule has 5 rings (SSSR count). The largest absolute Gasteiger partial charge is 0.492 e. The SMILES string of the molecule is O=C(O)CC1COc2cc(OC3CCc4c(C5CCC5)cccc43)ccc21. The van der Waals surface area contributed by atoms with Crippen LogP contribution in [0, 0.1) is 0 Å². The van der Waals surface area contributed by atoms with Crippen molar-refractivity contribution >= 4 is 5.97 Å². The van der Waals surface area contributed by atoms with Crippen LogP contribution in [-0.4, -0.2) is 17.7 Å². The molecule has 2 aromatic rings. The quantitative estimate of drug-likeness (QED) is 0.814. The zero-order valence-corrected chi connectivity index (χ0v) is 15.3. The van der Waals surface area contributed by atoms with Gasteiger partial charge in [0.05, 0.1) is 13.0 Å². The van der Waals surface area contributed by atoms with Crippen molar-refractivity contribution in [1.82, 2.24) is 0 Å². The van der Waals surface area contributed by atoms with Gasteiger partial charge < -0.3 is 14.6 Å². The van der Waals surface area contributed by atoms with Crippen LogP contribution in [0.25, 0.3) is 0 Å². The summed E-state index contributed by atoms with van der Waals surface area (Å²) in [5.74, 6) is 1.46. The third-order valence-electron chi connectivity index (χ3n) is 6.36. The average Bonchev–Trinajstić information content (AvgIpc) is 3.18. The van der Waals surface area contributed by atoms with Gasteiger partial charge in [-0.3, -0.25) is 4.79 Å². The summed E-state index contributed by atoms with van der Waals surface area (Å²) >= 11 is 0. The first kappa shape index (κ1) is 16.7. The number of ether oxygens (including phenoxy) is 2. The first-order valence-corrected chi connectivity index (χ1v) is 9.96. The second-order valence-corrected chi connectivity index (χ2v) is 7.99. The number of hydrogen-bond donors (Lipinski definition) is 1. The zero-order chi connectivity index (χ0) is 18.4. The summed E-state index contributed by atoms with van der Waals surface area (Å²) in [4.78, 5) is 11.0. The van der Waals surface area contributed by atoms with Crippen molar-refractivity contribution in [2.45, 2.75) is 56.5 Å². The predicted octanol–water partition coefficient (Wildman–Crippen LogP) is 4.97. The van der Waals surface area contributed by atoms with Gasteiger partial charge in [-0.2, -0.15) is 0 Å². The minimum absolute atomic E-state index is 0.0659. The van der Waals surface area contributed by atoms with Gasteiger partial charge >= 0.3 is 5.97 Å². The fourth-order valence-corrected chi connectivity index (χ4v) is 4.74. The molecule has 2 atom stereocenters. The summed E-state index contributed by atoms with van der Waals surface area (Å²) in [6.45, 7) is 0.433. The molecule has 1 heterocycles. The predicted molar refractivity (Wildman–Crippen MR) is 102 cm³/mol. The molecule has 0 bridgehead atoms. The Balaban J connectivity index is 1.35. The summed E-state index contributed by atoms with van der Waals surface area (Å²) in [6.07, 6.45) is 6.30. The summed E-state index contributed by atoms with van der Waals surface area (Å²) in [6, 6.07) is 12.5. The van der Waals surface area contributed by atoms with Gasteiger partial charge in [-0.05, 0) is 54.4 Å². The molecule has 140 valence electrons. The molecule has 1 N–H and O–H groups in total. The van der Waals surface area contributed by atoms with Crippen molar-refractivity contribution in [2.24, 2.45) is 0 Å². The number of fused-ring (bicyclic) bond motifs is 2. The molecule has 27 heavy (non-hydrogen) atoms. The van der Waals surface area contributed by atoms with E-state index in [1.165, 1.54) is 30.4 Å². The molecule has 1 saturated carbocycles. The van der Waals surface area contributed by atoms with Crippen LogP contribution in [0.1, 0.15) is 72.3 Å². The fourth-order valence-electron chi connectivity index (χ4n) is 4.74. The van der Waals surface area contributed by atoms with Gasteiger partial charge in [0.1, 0.15) is 17.6 Å². The average molecular weight is 364 g/mol. The smallest absolute Gasteiger partial charge is 0.304 e. The lowest BCUT2D eigenvalue weighted by atomic mass is 9.77. The number of carboxylic acids is 1. The minimum atomic E-state index is -0.790. The highest BCUT2D eigenvalue weighted by Crippen LogP contribution is 2.45. The Kier molecular flexibility index (Phi) is 4.07. The van der Waals surface area contributed by atoms with E-state index in [2.05, 4.69) is 18.2 Å². The second kappa shape index (κ2) is 6.59. The Hall–Kier alpha value is -2.49. The van der Waals surface area contributed by atoms with E-state index in [0.29, 0.717) is 6.61 Å². The van der Waals surface area contributed by atoms with Crippen molar-refractivity contribution < 1.29 is 19.4 Å². The topological polar surface area (TPSA) is 55.8 Å². The van der Waals surface area contributed by atoms with Crippen LogP contribution in [0.15, 0.2) is 36.4 Å². The molecule has 0 amide bonds. The number of benzene rings is 2. The first-order valence-electron chi connectivity index (χ1n) is 9.96. The van der Waals surface area contributed by atoms with Crippen LogP contribution in [-0.2, 0) is 11.2 Å². The molecule has 1 fully saturated rings. The van der Waals surface area contributed by atoms with Crippen LogP contribution < -0.4 is 9.47 Å². The van der Waals surface area contributed by atoms with E-state index < -0.39 is 5.97 Å². The van der Waals surface area contributed by atoms with Crippen molar-refractivity contribution in [2.75, 3.05) is 6.61 Å². The number of hydrogen-bond acceptors (Lipinski definition) is 3. The molecular formula is C23H24O4. The maximum Gasteiger partial charge on any atom is 0.304 e. The Morgan fingerprint density at radius 2 is 1.96 bits per heavy atom. The van der Waals surface area contributed by atoms with Crippen LogP contribution in [0.3, 0.4) is 0 Å². The maximum atomic E-state index is 11.0. The number of aliphatic carboxylic acids is 1. The summed E-state index contributed by atoms with van der Waals surface area (Å²) in [5.41, 5.74) is 5.36. The van der Waals surface area contributed by atoms with E-state index in [0.717, 1.165) is 35.8 Å². The van der Waals surface area contributed by atoms with E-state index in [-0.39, 0.29) is 18.4 Å². The monoisotopic (exact) mass is 364 g/mol. The highest BCUT2D eigenvalue weighted by molar-refractivity contribution is 5.68. The van der Waals surface area contributed by atoms with Crippen LogP contribution >= 0.6 is 0 Å². The molecule has 4 heteroatoms. The molecule has 0 radical (unpaired) electrons. The van der Waals surface area contributed by atoms with Crippen molar-refractivity contribution in [3.8, 4) is 11.5 Å². The molecule has 0 saturated heterocycles. The summed E-state index contributed by atoms with van der Waals surface area (Å²) in [5, 5.41) is 9.04. The zero-order valence-electron chi connectivity index (χ0n) is 15.3. The van der Waals surface area contributed by atoms with Gasteiger partial charge in [0.15, 0.2) is 0 Å². The Morgan fingerprint density at radius 3 is 2.74 bits per heavy atom. The van der Waals surface area contributed by atoms with Gasteiger partial charge in [0, 0.05) is 17.5 Å². The summed E-state index contributed by atoms with van der Waals surface area (Å²) in [7, 11) is 0. The van der Waals surface area contributed by atoms with Gasteiger partial charge in [0.2, 0.25) is 0 Å². The number of carbonyl (C=O) groups is 1. The van der Waals surface area contributed by atoms with Gasteiger partial charge in [-0.25, -0.2) is 0 Å². The summed E-state index contributed by atoms with van der Waals surface area (Å²) < 4.78 is 12.0. The van der Waals surface area contributed by atoms with Crippen molar-refractivity contribution in [3.63, 3.8) is 0 Å². The highest BCUT2D eigenvalue weighted by Gasteiger charge is 2.31. The van der Waals surface area contributed by atoms with E-state index in [1.807, 2.05) is 18.2 Å². The highest BCUT2D eigenvalue weighted by atomic mass is 16.5. The molecule has 1 aliphatic heterocycles. The molecule has 3 aliphatic rings. The lowest BCUT2D eigenvalue weighted by molar-refractivity contribution is -0.137. The van der Waals surface area contributed by atoms with Crippen LogP contribution in [0.4, 0.5) is 0 Å². The molecular weight excluding hydrogens is 340 g/mol. The minimum Gasteiger partial charge on any atom is -0.492 e. The van der Waals surface area contributed by atoms with Crippen LogP contribution in [0.2, 0.25) is 0 Å². The molecule has 4 nitrogen and oxygen atoms in total. The van der Waals surface area contributed by atoms with E-state index in [9.17, 15) is 4.79 Å². The Bertz CT molecular complexity index is 884. The standard InChI is InChI=1S/C23H24O4/c24-23(25)11-15-13-26-22-12-16(7-8-18(15)22)27-21-10-9-19-17(14-3-1-4-14)5-2-6-20(19)21/h2,5-8,12,14-15,21H,1,3-4,9-11,13H2,(H,24,25). The molecule has 2 aromatic carbocycles. The Labute approximate surface area is 159 Å². The third kappa shape index (κ3) is 2.97. The Morgan fingerprint density at radius 1 is 1.11 bits per heavy atom. The van der Waals surface area contributed by atoms with Crippen LogP contribution in [0.5, 0.6) is 11.5 Å². The third-order valence-corrected chi connectivity index (χ3v) is 6.36. The molecule has 0 spiro atoms. The second-order valence-electron chi connectivity index (χ2n) is 7.99. The van der Waals surface area contributed by atoms with E-state index in [1.54, 1.807) is 5.56 Å². The van der Waals surface area contributed by atoms with Gasteiger partial charge in [0.25, 0.3) is 0 Å². The lowest BCUT2D eigenvalue weighted by Crippen LogP contribution is -2.11. The normalized spacial score (nSPS) is 23.3. The fraction of sp³-hybridized carbons (Fsp3) is 0.435.